The predicted octanol–water partition coefficient (Wildman–Crippen LogP) is 5.32. The summed E-state index contributed by atoms with van der Waals surface area (Å²) in [5.74, 6) is 1.14. The molecule has 138 valence electrons. The molecule has 0 bridgehead atoms. The van der Waals surface area contributed by atoms with E-state index in [4.69, 9.17) is 16.1 Å². The maximum Gasteiger partial charge on any atom is 0.140 e. The van der Waals surface area contributed by atoms with Crippen LogP contribution < -0.4 is 0 Å². The molecule has 0 N–H and O–H groups in total. The summed E-state index contributed by atoms with van der Waals surface area (Å²) in [6.07, 6.45) is 11.7. The summed E-state index contributed by atoms with van der Waals surface area (Å²) in [4.78, 5) is 2.52. The van der Waals surface area contributed by atoms with Gasteiger partial charge < -0.3 is 4.52 Å². The molecule has 1 aromatic carbocycles. The summed E-state index contributed by atoms with van der Waals surface area (Å²) in [6, 6.07) is 8.16. The Morgan fingerprint density at radius 1 is 1.08 bits per heavy atom. The van der Waals surface area contributed by atoms with Gasteiger partial charge in [0.15, 0.2) is 0 Å². The molecule has 2 aromatic rings. The first-order valence-electron chi connectivity index (χ1n) is 9.94. The van der Waals surface area contributed by atoms with Gasteiger partial charge in [-0.2, -0.15) is 0 Å². The fourth-order valence-electron chi connectivity index (χ4n) is 4.17. The third-order valence-electron chi connectivity index (χ3n) is 5.68. The monoisotopic (exact) mass is 370 g/mol. The second-order valence-corrected chi connectivity index (χ2v) is 7.86. The quantitative estimate of drug-likeness (QED) is 0.667. The Hall–Kier alpha value is -1.58. The van der Waals surface area contributed by atoms with E-state index in [2.05, 4.69) is 28.3 Å². The number of aromatic nitrogens is 1. The molecule has 0 unspecified atom stereocenters. The molecular formula is C22H27ClN2O. The van der Waals surface area contributed by atoms with Crippen LogP contribution in [0.5, 0.6) is 0 Å². The molecule has 3 nitrogen and oxygen atoms in total. The number of rotatable bonds is 5. The van der Waals surface area contributed by atoms with Crippen LogP contribution in [-0.2, 0) is 19.3 Å². The average molecular weight is 371 g/mol. The van der Waals surface area contributed by atoms with Crippen LogP contribution in [0.3, 0.4) is 0 Å². The molecule has 4 rings (SSSR count). The van der Waals surface area contributed by atoms with Crippen LogP contribution in [0.4, 0.5) is 0 Å². The van der Waals surface area contributed by atoms with Crippen LogP contribution >= 0.6 is 11.6 Å². The zero-order valence-electron chi connectivity index (χ0n) is 15.3. The second-order valence-electron chi connectivity index (χ2n) is 7.46. The molecule has 2 aliphatic rings. The van der Waals surface area contributed by atoms with Gasteiger partial charge in [0.05, 0.1) is 5.69 Å². The lowest BCUT2D eigenvalue weighted by atomic mass is 9.99. The fraction of sp³-hybridized carbons (Fsp3) is 0.500. The van der Waals surface area contributed by atoms with Crippen molar-refractivity contribution < 1.29 is 4.52 Å². The van der Waals surface area contributed by atoms with Crippen molar-refractivity contribution >= 4 is 17.2 Å². The van der Waals surface area contributed by atoms with Gasteiger partial charge >= 0.3 is 0 Å². The van der Waals surface area contributed by atoms with E-state index in [9.17, 15) is 0 Å². The minimum atomic E-state index is 0.859. The van der Waals surface area contributed by atoms with E-state index in [1.54, 1.807) is 0 Å². The first kappa shape index (κ1) is 17.8. The van der Waals surface area contributed by atoms with E-state index in [0.717, 1.165) is 62.5 Å². The van der Waals surface area contributed by atoms with E-state index in [-0.39, 0.29) is 0 Å². The largest absolute Gasteiger partial charge is 0.361 e. The molecule has 26 heavy (non-hydrogen) atoms. The van der Waals surface area contributed by atoms with Crippen molar-refractivity contribution in [3.8, 4) is 0 Å². The molecule has 0 spiro atoms. The van der Waals surface area contributed by atoms with Crippen molar-refractivity contribution in [3.05, 3.63) is 57.9 Å². The van der Waals surface area contributed by atoms with Crippen molar-refractivity contribution in [1.29, 1.82) is 0 Å². The lowest BCUT2D eigenvalue weighted by molar-refractivity contribution is 0.290. The minimum Gasteiger partial charge on any atom is -0.361 e. The SMILES string of the molecule is Clc1ccccc1C1=CCN(CCCc2onc3c2CCCCC3)CC1. The smallest absolute Gasteiger partial charge is 0.140 e. The molecule has 0 saturated heterocycles. The van der Waals surface area contributed by atoms with Crippen LogP contribution in [0, 0.1) is 0 Å². The Bertz CT molecular complexity index is 780. The summed E-state index contributed by atoms with van der Waals surface area (Å²) < 4.78 is 5.66. The molecule has 2 heterocycles. The van der Waals surface area contributed by atoms with Gasteiger partial charge in [-0.15, -0.1) is 0 Å². The zero-order valence-corrected chi connectivity index (χ0v) is 16.1. The van der Waals surface area contributed by atoms with Gasteiger partial charge in [-0.05, 0) is 62.3 Å². The Morgan fingerprint density at radius 2 is 1.96 bits per heavy atom. The number of hydrogen-bond donors (Lipinski definition) is 0. The maximum absolute atomic E-state index is 6.33. The normalized spacial score (nSPS) is 18.3. The van der Waals surface area contributed by atoms with Crippen LogP contribution in [0.15, 0.2) is 34.9 Å². The minimum absolute atomic E-state index is 0.859. The van der Waals surface area contributed by atoms with Gasteiger partial charge in [0.2, 0.25) is 0 Å². The molecule has 0 radical (unpaired) electrons. The highest BCUT2D eigenvalue weighted by Crippen LogP contribution is 2.28. The van der Waals surface area contributed by atoms with Crippen LogP contribution in [0.1, 0.15) is 54.7 Å². The lowest BCUT2D eigenvalue weighted by Gasteiger charge is -2.26. The number of benzene rings is 1. The van der Waals surface area contributed by atoms with Crippen LogP contribution in [-0.4, -0.2) is 29.7 Å². The van der Waals surface area contributed by atoms with Crippen LogP contribution in [0.25, 0.3) is 5.57 Å². The van der Waals surface area contributed by atoms with Gasteiger partial charge in [-0.1, -0.05) is 47.5 Å². The maximum atomic E-state index is 6.33. The molecule has 1 aliphatic heterocycles. The fourth-order valence-corrected chi connectivity index (χ4v) is 4.43. The van der Waals surface area contributed by atoms with E-state index in [0.29, 0.717) is 0 Å². The molecule has 0 saturated carbocycles. The molecule has 1 aromatic heterocycles. The summed E-state index contributed by atoms with van der Waals surface area (Å²) in [5, 5.41) is 5.18. The average Bonchev–Trinajstić information content (AvgIpc) is 2.89. The van der Waals surface area contributed by atoms with Gasteiger partial charge in [-0.3, -0.25) is 4.90 Å². The van der Waals surface area contributed by atoms with Gasteiger partial charge in [-0.25, -0.2) is 0 Å². The first-order valence-corrected chi connectivity index (χ1v) is 10.3. The van der Waals surface area contributed by atoms with Gasteiger partial charge in [0.25, 0.3) is 0 Å². The van der Waals surface area contributed by atoms with Crippen molar-refractivity contribution in [2.45, 2.75) is 51.4 Å². The highest BCUT2D eigenvalue weighted by atomic mass is 35.5. The summed E-state index contributed by atoms with van der Waals surface area (Å²) in [6.45, 7) is 3.22. The highest BCUT2D eigenvalue weighted by molar-refractivity contribution is 6.32. The molecule has 0 amide bonds. The number of nitrogens with zero attached hydrogens (tertiary/aromatic N) is 2. The predicted molar refractivity (Wildman–Crippen MR) is 107 cm³/mol. The Labute approximate surface area is 161 Å². The van der Waals surface area contributed by atoms with E-state index in [1.807, 2.05) is 12.1 Å². The molecule has 4 heteroatoms. The van der Waals surface area contributed by atoms with E-state index < -0.39 is 0 Å². The molecule has 0 fully saturated rings. The zero-order chi connectivity index (χ0) is 17.8. The summed E-state index contributed by atoms with van der Waals surface area (Å²) >= 11 is 6.33. The third kappa shape index (κ3) is 4.05. The summed E-state index contributed by atoms with van der Waals surface area (Å²) in [7, 11) is 0. The number of hydrogen-bond acceptors (Lipinski definition) is 3. The van der Waals surface area contributed by atoms with E-state index >= 15 is 0 Å². The standard InChI is InChI=1S/C22H27ClN2O/c23-20-9-5-4-7-18(20)17-12-15-25(16-13-17)14-6-11-22-19-8-2-1-3-10-21(19)24-26-22/h4-5,7,9,12H,1-3,6,8,10-11,13-16H2. The Balaban J connectivity index is 1.29. The van der Waals surface area contributed by atoms with Crippen molar-refractivity contribution in [1.82, 2.24) is 10.1 Å². The van der Waals surface area contributed by atoms with Gasteiger partial charge in [0, 0.05) is 30.1 Å². The molecular weight excluding hydrogens is 344 g/mol. The first-order chi connectivity index (χ1) is 12.8. The van der Waals surface area contributed by atoms with E-state index in [1.165, 1.54) is 41.7 Å². The number of aryl methyl sites for hydroxylation is 2. The number of halogens is 1. The van der Waals surface area contributed by atoms with Crippen LogP contribution in [0.2, 0.25) is 5.02 Å². The highest BCUT2D eigenvalue weighted by Gasteiger charge is 2.19. The second kappa shape index (κ2) is 8.41. The lowest BCUT2D eigenvalue weighted by Crippen LogP contribution is -2.29. The van der Waals surface area contributed by atoms with Crippen molar-refractivity contribution in [3.63, 3.8) is 0 Å². The van der Waals surface area contributed by atoms with Crippen molar-refractivity contribution in [2.24, 2.45) is 0 Å². The summed E-state index contributed by atoms with van der Waals surface area (Å²) in [5.41, 5.74) is 5.22. The Morgan fingerprint density at radius 3 is 2.81 bits per heavy atom. The van der Waals surface area contributed by atoms with Gasteiger partial charge in [0.1, 0.15) is 5.76 Å². The topological polar surface area (TPSA) is 29.3 Å². The Kier molecular flexibility index (Phi) is 5.76. The van der Waals surface area contributed by atoms with Crippen molar-refractivity contribution in [2.75, 3.05) is 19.6 Å². The third-order valence-corrected chi connectivity index (χ3v) is 6.01. The molecule has 0 atom stereocenters. The molecule has 1 aliphatic carbocycles. The number of fused-ring (bicyclic) bond motifs is 1.